The molecule has 0 atom stereocenters. The number of nitrogens with one attached hydrogen (secondary N) is 1. The third-order valence-corrected chi connectivity index (χ3v) is 7.41. The molecule has 0 fully saturated rings. The van der Waals surface area contributed by atoms with Crippen LogP contribution in [0, 0.1) is 0 Å². The first-order valence-corrected chi connectivity index (χ1v) is 12.5. The molecule has 4 aromatic rings. The van der Waals surface area contributed by atoms with Crippen LogP contribution in [0.25, 0.3) is 22.3 Å². The fourth-order valence-electron chi connectivity index (χ4n) is 5.53. The summed E-state index contributed by atoms with van der Waals surface area (Å²) < 4.78 is 0. The number of hydrogen-bond acceptors (Lipinski definition) is 1. The number of fused-ring (bicyclic) bond motifs is 3. The summed E-state index contributed by atoms with van der Waals surface area (Å²) >= 11 is 0. The Morgan fingerprint density at radius 3 is 1.91 bits per heavy atom. The highest BCUT2D eigenvalue weighted by atomic mass is 14.9. The van der Waals surface area contributed by atoms with Crippen molar-refractivity contribution in [1.29, 1.82) is 0 Å². The van der Waals surface area contributed by atoms with E-state index in [1.807, 2.05) is 0 Å². The zero-order valence-corrected chi connectivity index (χ0v) is 21.2. The summed E-state index contributed by atoms with van der Waals surface area (Å²) in [4.78, 5) is 0. The van der Waals surface area contributed by atoms with Crippen LogP contribution in [0.15, 0.2) is 84.9 Å². The molecule has 0 saturated carbocycles. The maximum absolute atomic E-state index is 3.83. The van der Waals surface area contributed by atoms with Crippen molar-refractivity contribution in [2.24, 2.45) is 0 Å². The maximum Gasteiger partial charge on any atom is 0.0466 e. The molecule has 1 heteroatoms. The summed E-state index contributed by atoms with van der Waals surface area (Å²) in [5, 5.41) is 3.83. The van der Waals surface area contributed by atoms with Gasteiger partial charge in [-0.2, -0.15) is 0 Å². The van der Waals surface area contributed by atoms with Gasteiger partial charge < -0.3 is 5.32 Å². The Kier molecular flexibility index (Phi) is 5.60. The van der Waals surface area contributed by atoms with E-state index in [4.69, 9.17) is 0 Å². The molecule has 0 heterocycles. The van der Waals surface area contributed by atoms with Gasteiger partial charge in [0.25, 0.3) is 0 Å². The van der Waals surface area contributed by atoms with Gasteiger partial charge in [0.05, 0.1) is 0 Å². The first-order chi connectivity index (χ1) is 16.3. The standard InChI is InChI=1S/C33H35N/c1-21(2)27-19-29(23-12-8-7-9-13-23)32(20-28(27)22(3)4)34-24-16-17-26-25-14-10-11-15-30(25)33(5,6)31(26)18-24/h7-22,34H,1-6H3. The Hall–Kier alpha value is -3.32. The highest BCUT2D eigenvalue weighted by molar-refractivity contribution is 5.86. The van der Waals surface area contributed by atoms with Crippen LogP contribution in [-0.4, -0.2) is 0 Å². The van der Waals surface area contributed by atoms with Gasteiger partial charge in [0.1, 0.15) is 0 Å². The molecule has 1 aliphatic carbocycles. The molecular formula is C33H35N. The largest absolute Gasteiger partial charge is 0.355 e. The smallest absolute Gasteiger partial charge is 0.0466 e. The van der Waals surface area contributed by atoms with Crippen molar-refractivity contribution in [1.82, 2.24) is 0 Å². The number of benzene rings is 4. The van der Waals surface area contributed by atoms with Gasteiger partial charge in [0, 0.05) is 22.4 Å². The van der Waals surface area contributed by atoms with E-state index in [9.17, 15) is 0 Å². The quantitative estimate of drug-likeness (QED) is 0.322. The number of hydrogen-bond donors (Lipinski definition) is 1. The highest BCUT2D eigenvalue weighted by Crippen LogP contribution is 2.49. The summed E-state index contributed by atoms with van der Waals surface area (Å²) in [6.07, 6.45) is 0. The van der Waals surface area contributed by atoms with Gasteiger partial charge in [-0.1, -0.05) is 102 Å². The lowest BCUT2D eigenvalue weighted by Crippen LogP contribution is -2.15. The fourth-order valence-corrected chi connectivity index (χ4v) is 5.53. The number of anilines is 2. The molecule has 0 unspecified atom stereocenters. The lowest BCUT2D eigenvalue weighted by Gasteiger charge is -2.24. The molecular weight excluding hydrogens is 410 g/mol. The molecule has 172 valence electrons. The summed E-state index contributed by atoms with van der Waals surface area (Å²) in [7, 11) is 0. The molecule has 0 aliphatic heterocycles. The van der Waals surface area contributed by atoms with Crippen LogP contribution in [0.5, 0.6) is 0 Å². The van der Waals surface area contributed by atoms with Crippen LogP contribution < -0.4 is 5.32 Å². The molecule has 0 saturated heterocycles. The topological polar surface area (TPSA) is 12.0 Å². The van der Waals surface area contributed by atoms with Gasteiger partial charge in [-0.05, 0) is 75.0 Å². The first kappa shape index (κ1) is 22.5. The minimum atomic E-state index is -0.00350. The van der Waals surface area contributed by atoms with Crippen LogP contribution in [-0.2, 0) is 5.41 Å². The Bertz CT molecular complexity index is 1340. The van der Waals surface area contributed by atoms with Crippen LogP contribution in [0.4, 0.5) is 11.4 Å². The lowest BCUT2D eigenvalue weighted by atomic mass is 9.82. The van der Waals surface area contributed by atoms with Gasteiger partial charge in [-0.25, -0.2) is 0 Å². The Morgan fingerprint density at radius 2 is 1.21 bits per heavy atom. The highest BCUT2D eigenvalue weighted by Gasteiger charge is 2.35. The SMILES string of the molecule is CC(C)c1cc(Nc2ccc3c(c2)C(C)(C)c2ccccc2-3)c(-c2ccccc2)cc1C(C)C. The molecule has 1 aliphatic rings. The summed E-state index contributed by atoms with van der Waals surface area (Å²) in [6.45, 7) is 13.9. The second kappa shape index (κ2) is 8.47. The third-order valence-electron chi connectivity index (χ3n) is 7.41. The van der Waals surface area contributed by atoms with E-state index in [0.29, 0.717) is 11.8 Å². The first-order valence-electron chi connectivity index (χ1n) is 12.5. The van der Waals surface area contributed by atoms with Crippen molar-refractivity contribution < 1.29 is 0 Å². The molecule has 1 N–H and O–H groups in total. The summed E-state index contributed by atoms with van der Waals surface area (Å²) in [5.74, 6) is 0.949. The minimum absolute atomic E-state index is 0.00350. The molecule has 0 bridgehead atoms. The molecule has 34 heavy (non-hydrogen) atoms. The second-order valence-corrected chi connectivity index (χ2v) is 10.8. The average molecular weight is 446 g/mol. The molecule has 0 amide bonds. The van der Waals surface area contributed by atoms with E-state index in [0.717, 1.165) is 5.69 Å². The van der Waals surface area contributed by atoms with Crippen LogP contribution in [0.2, 0.25) is 0 Å². The lowest BCUT2D eigenvalue weighted by molar-refractivity contribution is 0.660. The molecule has 0 radical (unpaired) electrons. The third kappa shape index (κ3) is 3.74. The van der Waals surface area contributed by atoms with Gasteiger partial charge >= 0.3 is 0 Å². The predicted octanol–water partition coefficient (Wildman–Crippen LogP) is 9.65. The Labute approximate surface area is 204 Å². The molecule has 0 spiro atoms. The molecule has 4 aromatic carbocycles. The van der Waals surface area contributed by atoms with Crippen molar-refractivity contribution in [3.05, 3.63) is 107 Å². The monoisotopic (exact) mass is 445 g/mol. The van der Waals surface area contributed by atoms with Crippen LogP contribution in [0.1, 0.15) is 75.6 Å². The van der Waals surface area contributed by atoms with Gasteiger partial charge in [0.2, 0.25) is 0 Å². The van der Waals surface area contributed by atoms with Crippen molar-refractivity contribution >= 4 is 11.4 Å². The van der Waals surface area contributed by atoms with Crippen molar-refractivity contribution in [3.63, 3.8) is 0 Å². The van der Waals surface area contributed by atoms with Crippen LogP contribution in [0.3, 0.4) is 0 Å². The van der Waals surface area contributed by atoms with Gasteiger partial charge in [0.15, 0.2) is 0 Å². The van der Waals surface area contributed by atoms with E-state index in [1.54, 1.807) is 0 Å². The molecule has 5 rings (SSSR count). The maximum atomic E-state index is 3.83. The van der Waals surface area contributed by atoms with Crippen LogP contribution >= 0.6 is 0 Å². The van der Waals surface area contributed by atoms with Crippen molar-refractivity contribution in [2.45, 2.75) is 58.8 Å². The van der Waals surface area contributed by atoms with Crippen molar-refractivity contribution in [3.8, 4) is 22.3 Å². The second-order valence-electron chi connectivity index (χ2n) is 10.8. The molecule has 0 aromatic heterocycles. The zero-order valence-electron chi connectivity index (χ0n) is 21.2. The van der Waals surface area contributed by atoms with E-state index < -0.39 is 0 Å². The normalized spacial score (nSPS) is 13.8. The van der Waals surface area contributed by atoms with Gasteiger partial charge in [-0.3, -0.25) is 0 Å². The molecule has 1 nitrogen and oxygen atoms in total. The zero-order chi connectivity index (χ0) is 24.0. The minimum Gasteiger partial charge on any atom is -0.355 e. The van der Waals surface area contributed by atoms with Gasteiger partial charge in [-0.15, -0.1) is 0 Å². The summed E-state index contributed by atoms with van der Waals surface area (Å²) in [6, 6.07) is 31.3. The Balaban J connectivity index is 1.63. The Morgan fingerprint density at radius 1 is 0.588 bits per heavy atom. The number of rotatable bonds is 5. The van der Waals surface area contributed by atoms with Crippen molar-refractivity contribution in [2.75, 3.05) is 5.32 Å². The van der Waals surface area contributed by atoms with E-state index in [2.05, 4.69) is 132 Å². The van der Waals surface area contributed by atoms with E-state index in [1.165, 1.54) is 50.2 Å². The van der Waals surface area contributed by atoms with E-state index in [-0.39, 0.29) is 5.41 Å². The van der Waals surface area contributed by atoms with E-state index >= 15 is 0 Å². The predicted molar refractivity (Wildman–Crippen MR) is 147 cm³/mol. The fraction of sp³-hybridized carbons (Fsp3) is 0.273. The summed E-state index contributed by atoms with van der Waals surface area (Å²) in [5.41, 5.74) is 13.2. The average Bonchev–Trinajstić information content (AvgIpc) is 3.06.